The van der Waals surface area contributed by atoms with Crippen molar-refractivity contribution in [3.63, 3.8) is 0 Å². The average molecular weight is 287 g/mol. The zero-order chi connectivity index (χ0) is 13.9. The van der Waals surface area contributed by atoms with Crippen LogP contribution in [0, 0.1) is 0 Å². The summed E-state index contributed by atoms with van der Waals surface area (Å²) in [4.78, 5) is 2.45. The van der Waals surface area contributed by atoms with Gasteiger partial charge < -0.3 is 10.6 Å². The second-order valence-corrected chi connectivity index (χ2v) is 5.68. The van der Waals surface area contributed by atoms with Crippen molar-refractivity contribution in [3.8, 4) is 0 Å². The molecule has 104 valence electrons. The number of anilines is 1. The van der Waals surface area contributed by atoms with Crippen molar-refractivity contribution in [1.29, 1.82) is 0 Å². The predicted octanol–water partition coefficient (Wildman–Crippen LogP) is 4.14. The van der Waals surface area contributed by atoms with Crippen molar-refractivity contribution in [2.45, 2.75) is 25.4 Å². The molecular formula is C17H19ClN2. The predicted molar refractivity (Wildman–Crippen MR) is 85.1 cm³/mol. The highest BCUT2D eigenvalue weighted by Gasteiger charge is 2.27. The van der Waals surface area contributed by atoms with E-state index >= 15 is 0 Å². The van der Waals surface area contributed by atoms with E-state index < -0.39 is 0 Å². The molecule has 20 heavy (non-hydrogen) atoms. The molecule has 1 aliphatic heterocycles. The lowest BCUT2D eigenvalue weighted by atomic mass is 10.0. The summed E-state index contributed by atoms with van der Waals surface area (Å²) in [6.07, 6.45) is 2.39. The topological polar surface area (TPSA) is 29.3 Å². The van der Waals surface area contributed by atoms with E-state index in [1.165, 1.54) is 24.1 Å². The van der Waals surface area contributed by atoms with E-state index in [1.54, 1.807) is 0 Å². The maximum atomic E-state index is 6.18. The van der Waals surface area contributed by atoms with Gasteiger partial charge in [0.25, 0.3) is 0 Å². The molecule has 0 aromatic heterocycles. The first kappa shape index (κ1) is 13.5. The van der Waals surface area contributed by atoms with Crippen molar-refractivity contribution in [1.82, 2.24) is 0 Å². The minimum atomic E-state index is 0.431. The fourth-order valence-electron chi connectivity index (χ4n) is 3.05. The Labute approximate surface area is 125 Å². The minimum Gasteiger partial charge on any atom is -0.364 e. The lowest BCUT2D eigenvalue weighted by molar-refractivity contribution is 0.716. The SMILES string of the molecule is NCc1ccc(Cl)cc1N1CCCC1c1ccccc1. The number of hydrogen-bond acceptors (Lipinski definition) is 2. The number of nitrogens with zero attached hydrogens (tertiary/aromatic N) is 1. The molecule has 2 N–H and O–H groups in total. The van der Waals surface area contributed by atoms with Gasteiger partial charge in [-0.25, -0.2) is 0 Å². The van der Waals surface area contributed by atoms with Crippen molar-refractivity contribution in [2.24, 2.45) is 5.73 Å². The van der Waals surface area contributed by atoms with E-state index in [9.17, 15) is 0 Å². The lowest BCUT2D eigenvalue weighted by Crippen LogP contribution is -2.24. The first-order valence-corrected chi connectivity index (χ1v) is 7.47. The molecule has 1 unspecified atom stereocenters. The Morgan fingerprint density at radius 3 is 2.70 bits per heavy atom. The third kappa shape index (κ3) is 2.54. The lowest BCUT2D eigenvalue weighted by Gasteiger charge is -2.29. The number of rotatable bonds is 3. The summed E-state index contributed by atoms with van der Waals surface area (Å²) in [6.45, 7) is 1.61. The van der Waals surface area contributed by atoms with E-state index in [1.807, 2.05) is 18.2 Å². The van der Waals surface area contributed by atoms with E-state index in [0.717, 1.165) is 17.1 Å². The monoisotopic (exact) mass is 286 g/mol. The van der Waals surface area contributed by atoms with Gasteiger partial charge >= 0.3 is 0 Å². The fraction of sp³-hybridized carbons (Fsp3) is 0.294. The smallest absolute Gasteiger partial charge is 0.0543 e. The van der Waals surface area contributed by atoms with E-state index in [-0.39, 0.29) is 0 Å². The van der Waals surface area contributed by atoms with Gasteiger partial charge in [0.2, 0.25) is 0 Å². The third-order valence-corrected chi connectivity index (χ3v) is 4.25. The Morgan fingerprint density at radius 2 is 1.95 bits per heavy atom. The van der Waals surface area contributed by atoms with Crippen LogP contribution in [0.5, 0.6) is 0 Å². The summed E-state index contributed by atoms with van der Waals surface area (Å²) >= 11 is 6.18. The van der Waals surface area contributed by atoms with Gasteiger partial charge in [0.15, 0.2) is 0 Å². The van der Waals surface area contributed by atoms with E-state index in [4.69, 9.17) is 17.3 Å². The molecular weight excluding hydrogens is 268 g/mol. The van der Waals surface area contributed by atoms with Crippen LogP contribution in [0.25, 0.3) is 0 Å². The number of hydrogen-bond donors (Lipinski definition) is 1. The van der Waals surface area contributed by atoms with Crippen LogP contribution in [0.4, 0.5) is 5.69 Å². The highest BCUT2D eigenvalue weighted by atomic mass is 35.5. The number of halogens is 1. The van der Waals surface area contributed by atoms with Gasteiger partial charge in [-0.15, -0.1) is 0 Å². The highest BCUT2D eigenvalue weighted by Crippen LogP contribution is 2.38. The van der Waals surface area contributed by atoms with Crippen molar-refractivity contribution in [3.05, 3.63) is 64.7 Å². The Hall–Kier alpha value is -1.51. The van der Waals surface area contributed by atoms with Crippen LogP contribution < -0.4 is 10.6 Å². The summed E-state index contributed by atoms with van der Waals surface area (Å²) in [5.74, 6) is 0. The molecule has 2 aromatic carbocycles. The Kier molecular flexibility index (Phi) is 3.95. The number of nitrogens with two attached hydrogens (primary N) is 1. The van der Waals surface area contributed by atoms with Gasteiger partial charge in [-0.2, -0.15) is 0 Å². The summed E-state index contributed by atoms with van der Waals surface area (Å²) in [5.41, 5.74) is 9.60. The molecule has 1 saturated heterocycles. The number of benzene rings is 2. The zero-order valence-electron chi connectivity index (χ0n) is 11.4. The van der Waals surface area contributed by atoms with E-state index in [2.05, 4.69) is 35.2 Å². The molecule has 1 aliphatic rings. The van der Waals surface area contributed by atoms with Crippen LogP contribution in [-0.2, 0) is 6.54 Å². The molecule has 2 nitrogen and oxygen atoms in total. The molecule has 2 aromatic rings. The molecule has 1 heterocycles. The van der Waals surface area contributed by atoms with Crippen LogP contribution in [0.3, 0.4) is 0 Å². The Morgan fingerprint density at radius 1 is 1.15 bits per heavy atom. The highest BCUT2D eigenvalue weighted by molar-refractivity contribution is 6.30. The standard InChI is InChI=1S/C17H19ClN2/c18-15-9-8-14(12-19)17(11-15)20-10-4-7-16(20)13-5-2-1-3-6-13/h1-3,5-6,8-9,11,16H,4,7,10,12,19H2. The quantitative estimate of drug-likeness (QED) is 0.919. The van der Waals surface area contributed by atoms with Crippen molar-refractivity contribution < 1.29 is 0 Å². The van der Waals surface area contributed by atoms with Crippen LogP contribution in [0.2, 0.25) is 5.02 Å². The van der Waals surface area contributed by atoms with E-state index in [0.29, 0.717) is 12.6 Å². The van der Waals surface area contributed by atoms with Gasteiger partial charge in [0.05, 0.1) is 6.04 Å². The molecule has 0 radical (unpaired) electrons. The third-order valence-electron chi connectivity index (χ3n) is 4.01. The van der Waals surface area contributed by atoms with Gasteiger partial charge in [0.1, 0.15) is 0 Å². The molecule has 0 amide bonds. The van der Waals surface area contributed by atoms with Crippen LogP contribution in [0.15, 0.2) is 48.5 Å². The maximum absolute atomic E-state index is 6.18. The first-order chi connectivity index (χ1) is 9.79. The Balaban J connectivity index is 1.99. The summed E-state index contributed by atoms with van der Waals surface area (Å²) in [5, 5.41) is 0.774. The van der Waals surface area contributed by atoms with Crippen molar-refractivity contribution >= 4 is 17.3 Å². The van der Waals surface area contributed by atoms with Crippen LogP contribution >= 0.6 is 11.6 Å². The van der Waals surface area contributed by atoms with Gasteiger partial charge in [-0.05, 0) is 36.1 Å². The van der Waals surface area contributed by atoms with Gasteiger partial charge in [-0.1, -0.05) is 48.0 Å². The first-order valence-electron chi connectivity index (χ1n) is 7.09. The normalized spacial score (nSPS) is 18.5. The molecule has 3 heteroatoms. The molecule has 0 bridgehead atoms. The second-order valence-electron chi connectivity index (χ2n) is 5.24. The molecule has 0 saturated carbocycles. The summed E-state index contributed by atoms with van der Waals surface area (Å²) < 4.78 is 0. The fourth-order valence-corrected chi connectivity index (χ4v) is 3.22. The second kappa shape index (κ2) is 5.86. The molecule has 3 rings (SSSR count). The average Bonchev–Trinajstić information content (AvgIpc) is 2.97. The van der Waals surface area contributed by atoms with Gasteiger partial charge in [-0.3, -0.25) is 0 Å². The van der Waals surface area contributed by atoms with Crippen LogP contribution in [0.1, 0.15) is 30.0 Å². The van der Waals surface area contributed by atoms with Gasteiger partial charge in [0, 0.05) is 23.8 Å². The largest absolute Gasteiger partial charge is 0.364 e. The summed E-state index contributed by atoms with van der Waals surface area (Å²) in [6, 6.07) is 17.1. The summed E-state index contributed by atoms with van der Waals surface area (Å²) in [7, 11) is 0. The molecule has 0 spiro atoms. The van der Waals surface area contributed by atoms with Crippen LogP contribution in [-0.4, -0.2) is 6.54 Å². The molecule has 1 fully saturated rings. The minimum absolute atomic E-state index is 0.431. The maximum Gasteiger partial charge on any atom is 0.0543 e. The zero-order valence-corrected chi connectivity index (χ0v) is 12.2. The molecule has 1 atom stereocenters. The Bertz CT molecular complexity index is 583. The molecule has 0 aliphatic carbocycles. The van der Waals surface area contributed by atoms with Crippen molar-refractivity contribution in [2.75, 3.05) is 11.4 Å².